The number of nitrogens with zero attached hydrogens (tertiary/aromatic N) is 1. The van der Waals surface area contributed by atoms with E-state index in [4.69, 9.17) is 22.1 Å². The van der Waals surface area contributed by atoms with Crippen LogP contribution in [0.3, 0.4) is 0 Å². The molecule has 0 unspecified atom stereocenters. The number of hydrogen-bond donors (Lipinski definition) is 1. The molecule has 1 amide bonds. The van der Waals surface area contributed by atoms with E-state index in [9.17, 15) is 4.79 Å². The van der Waals surface area contributed by atoms with Crippen LogP contribution in [0, 0.1) is 5.92 Å². The Morgan fingerprint density at radius 1 is 1.50 bits per heavy atom. The van der Waals surface area contributed by atoms with Gasteiger partial charge in [-0.2, -0.15) is 0 Å². The Kier molecular flexibility index (Phi) is 6.12. The standard InChI is InChI=1S/C16H22BrClN2O2/c1-10(19)12-4-3-7-20(9-12)16(21)11(2)22-15-6-5-13(18)8-14(15)17/h5-6,8,10-12H,3-4,7,9,19H2,1-2H3/t10-,11+,12-/m1/s1. The summed E-state index contributed by atoms with van der Waals surface area (Å²) in [5.41, 5.74) is 5.98. The predicted octanol–water partition coefficient (Wildman–Crippen LogP) is 3.46. The summed E-state index contributed by atoms with van der Waals surface area (Å²) < 4.78 is 6.53. The van der Waals surface area contributed by atoms with E-state index < -0.39 is 6.10 Å². The number of hydrogen-bond acceptors (Lipinski definition) is 3. The summed E-state index contributed by atoms with van der Waals surface area (Å²) in [6.07, 6.45) is 1.54. The molecule has 1 fully saturated rings. The maximum absolute atomic E-state index is 12.6. The Bertz CT molecular complexity index is 539. The van der Waals surface area contributed by atoms with Crippen molar-refractivity contribution in [1.82, 2.24) is 4.90 Å². The van der Waals surface area contributed by atoms with Gasteiger partial charge in [0.2, 0.25) is 0 Å². The van der Waals surface area contributed by atoms with Crippen LogP contribution in [0.2, 0.25) is 5.02 Å². The first-order chi connectivity index (χ1) is 10.4. The average Bonchev–Trinajstić information content (AvgIpc) is 2.49. The largest absolute Gasteiger partial charge is 0.480 e. The lowest BCUT2D eigenvalue weighted by atomic mass is 9.92. The highest BCUT2D eigenvalue weighted by molar-refractivity contribution is 9.10. The topological polar surface area (TPSA) is 55.6 Å². The highest BCUT2D eigenvalue weighted by atomic mass is 79.9. The van der Waals surface area contributed by atoms with Crippen LogP contribution < -0.4 is 10.5 Å². The summed E-state index contributed by atoms with van der Waals surface area (Å²) in [6, 6.07) is 5.36. The van der Waals surface area contributed by atoms with Gasteiger partial charge in [0.1, 0.15) is 5.75 Å². The van der Waals surface area contributed by atoms with E-state index >= 15 is 0 Å². The second-order valence-electron chi connectivity index (χ2n) is 5.88. The number of rotatable bonds is 4. The molecule has 2 N–H and O–H groups in total. The Morgan fingerprint density at radius 2 is 2.23 bits per heavy atom. The zero-order chi connectivity index (χ0) is 16.3. The van der Waals surface area contributed by atoms with Gasteiger partial charge in [0.25, 0.3) is 5.91 Å². The zero-order valence-corrected chi connectivity index (χ0v) is 15.2. The van der Waals surface area contributed by atoms with Crippen LogP contribution in [-0.2, 0) is 4.79 Å². The third-order valence-electron chi connectivity index (χ3n) is 4.06. The maximum Gasteiger partial charge on any atom is 0.263 e. The third kappa shape index (κ3) is 4.37. The smallest absolute Gasteiger partial charge is 0.263 e. The lowest BCUT2D eigenvalue weighted by molar-refractivity contribution is -0.139. The van der Waals surface area contributed by atoms with Crippen molar-refractivity contribution in [2.75, 3.05) is 13.1 Å². The summed E-state index contributed by atoms with van der Waals surface area (Å²) in [5.74, 6) is 0.991. The molecule has 3 atom stereocenters. The number of ether oxygens (including phenoxy) is 1. The van der Waals surface area contributed by atoms with E-state index in [-0.39, 0.29) is 11.9 Å². The molecule has 1 aromatic carbocycles. The molecule has 2 rings (SSSR count). The summed E-state index contributed by atoms with van der Waals surface area (Å²) in [4.78, 5) is 14.4. The molecule has 6 heteroatoms. The second kappa shape index (κ2) is 7.66. The molecule has 22 heavy (non-hydrogen) atoms. The fourth-order valence-electron chi connectivity index (χ4n) is 2.71. The lowest BCUT2D eigenvalue weighted by Gasteiger charge is -2.35. The number of piperidine rings is 1. The minimum atomic E-state index is -0.538. The van der Waals surface area contributed by atoms with Gasteiger partial charge in [-0.3, -0.25) is 4.79 Å². The molecule has 0 radical (unpaired) electrons. The van der Waals surface area contributed by atoms with E-state index in [1.54, 1.807) is 25.1 Å². The Hall–Kier alpha value is -0.780. The molecule has 0 aliphatic carbocycles. The van der Waals surface area contributed by atoms with Crippen LogP contribution >= 0.6 is 27.5 Å². The van der Waals surface area contributed by atoms with Gasteiger partial charge in [-0.25, -0.2) is 0 Å². The molecular weight excluding hydrogens is 368 g/mol. The van der Waals surface area contributed by atoms with Crippen molar-refractivity contribution in [3.8, 4) is 5.75 Å². The van der Waals surface area contributed by atoms with E-state index in [1.807, 2.05) is 11.8 Å². The van der Waals surface area contributed by atoms with Gasteiger partial charge in [0, 0.05) is 24.2 Å². The molecule has 0 aromatic heterocycles. The molecule has 1 heterocycles. The molecular formula is C16H22BrClN2O2. The fraction of sp³-hybridized carbons (Fsp3) is 0.562. The van der Waals surface area contributed by atoms with Crippen molar-refractivity contribution in [3.05, 3.63) is 27.7 Å². The summed E-state index contributed by atoms with van der Waals surface area (Å²) in [6.45, 7) is 5.27. The third-order valence-corrected chi connectivity index (χ3v) is 4.91. The monoisotopic (exact) mass is 388 g/mol. The molecule has 0 bridgehead atoms. The number of likely N-dealkylation sites (tertiary alicyclic amines) is 1. The van der Waals surface area contributed by atoms with E-state index in [2.05, 4.69) is 15.9 Å². The Balaban J connectivity index is 1.99. The molecule has 1 aliphatic heterocycles. The molecule has 0 spiro atoms. The normalized spacial score (nSPS) is 21.3. The zero-order valence-electron chi connectivity index (χ0n) is 12.9. The van der Waals surface area contributed by atoms with Gasteiger partial charge in [0.15, 0.2) is 6.10 Å². The first-order valence-electron chi connectivity index (χ1n) is 7.54. The van der Waals surface area contributed by atoms with E-state index in [0.717, 1.165) is 23.9 Å². The minimum Gasteiger partial charge on any atom is -0.480 e. The van der Waals surface area contributed by atoms with E-state index in [1.165, 1.54) is 0 Å². The molecule has 0 saturated carbocycles. The first kappa shape index (κ1) is 17.6. The number of benzene rings is 1. The number of amides is 1. The van der Waals surface area contributed by atoms with Crippen LogP contribution in [-0.4, -0.2) is 36.0 Å². The average molecular weight is 390 g/mol. The maximum atomic E-state index is 12.6. The summed E-state index contributed by atoms with van der Waals surface area (Å²) in [5, 5.41) is 0.619. The molecule has 1 aromatic rings. The quantitative estimate of drug-likeness (QED) is 0.858. The fourth-order valence-corrected chi connectivity index (χ4v) is 3.48. The van der Waals surface area contributed by atoms with Crippen molar-refractivity contribution >= 4 is 33.4 Å². The van der Waals surface area contributed by atoms with Crippen molar-refractivity contribution in [2.24, 2.45) is 11.7 Å². The first-order valence-corrected chi connectivity index (χ1v) is 8.71. The summed E-state index contributed by atoms with van der Waals surface area (Å²) in [7, 11) is 0. The van der Waals surface area contributed by atoms with Crippen molar-refractivity contribution < 1.29 is 9.53 Å². The van der Waals surface area contributed by atoms with Crippen LogP contribution in [0.1, 0.15) is 26.7 Å². The summed E-state index contributed by atoms with van der Waals surface area (Å²) >= 11 is 9.31. The SMILES string of the molecule is C[C@H](Oc1ccc(Cl)cc1Br)C(=O)N1CCC[C@@H]([C@@H](C)N)C1. The van der Waals surface area contributed by atoms with Gasteiger partial charge in [0.05, 0.1) is 4.47 Å². The van der Waals surface area contributed by atoms with Crippen LogP contribution in [0.4, 0.5) is 0 Å². The van der Waals surface area contributed by atoms with Gasteiger partial charge in [-0.05, 0) is 66.7 Å². The Morgan fingerprint density at radius 3 is 2.86 bits per heavy atom. The predicted molar refractivity (Wildman–Crippen MR) is 92.2 cm³/mol. The molecule has 4 nitrogen and oxygen atoms in total. The van der Waals surface area contributed by atoms with Crippen molar-refractivity contribution in [3.63, 3.8) is 0 Å². The van der Waals surface area contributed by atoms with Crippen LogP contribution in [0.5, 0.6) is 5.75 Å². The van der Waals surface area contributed by atoms with Crippen molar-refractivity contribution in [1.29, 1.82) is 0 Å². The molecule has 1 saturated heterocycles. The molecule has 122 valence electrons. The number of nitrogens with two attached hydrogens (primary N) is 1. The highest BCUT2D eigenvalue weighted by Crippen LogP contribution is 2.29. The van der Waals surface area contributed by atoms with Crippen molar-refractivity contribution in [2.45, 2.75) is 38.8 Å². The second-order valence-corrected chi connectivity index (χ2v) is 7.17. The van der Waals surface area contributed by atoms with Gasteiger partial charge >= 0.3 is 0 Å². The van der Waals surface area contributed by atoms with Crippen LogP contribution in [0.25, 0.3) is 0 Å². The Labute approximate surface area is 145 Å². The lowest BCUT2D eigenvalue weighted by Crippen LogP contribution is -2.48. The van der Waals surface area contributed by atoms with Gasteiger partial charge < -0.3 is 15.4 Å². The highest BCUT2D eigenvalue weighted by Gasteiger charge is 2.29. The van der Waals surface area contributed by atoms with Gasteiger partial charge in [-0.15, -0.1) is 0 Å². The van der Waals surface area contributed by atoms with Gasteiger partial charge in [-0.1, -0.05) is 11.6 Å². The number of carbonyl (C=O) groups excluding carboxylic acids is 1. The van der Waals surface area contributed by atoms with Crippen LogP contribution in [0.15, 0.2) is 22.7 Å². The number of carbonyl (C=O) groups is 1. The molecule has 1 aliphatic rings. The van der Waals surface area contributed by atoms with E-state index in [0.29, 0.717) is 23.2 Å². The minimum absolute atomic E-state index is 0.00667. The number of halogens is 2.